The van der Waals surface area contributed by atoms with Crippen molar-refractivity contribution in [3.05, 3.63) is 65.0 Å². The standard InChI is InChI=1S/C16H17FO3S/c1-11-3-4-13(9-12(11)2)16(18)10-21(19,20)15-7-5-14(17)6-8-15/h3-9,16,18H,10H2,1-2H3. The van der Waals surface area contributed by atoms with Crippen LogP contribution in [0.2, 0.25) is 0 Å². The van der Waals surface area contributed by atoms with E-state index in [0.717, 1.165) is 23.3 Å². The molecule has 2 aromatic rings. The SMILES string of the molecule is Cc1ccc(C(O)CS(=O)(=O)c2ccc(F)cc2)cc1C. The van der Waals surface area contributed by atoms with Gasteiger partial charge in [-0.3, -0.25) is 0 Å². The molecule has 0 saturated heterocycles. The molecule has 0 fully saturated rings. The highest BCUT2D eigenvalue weighted by Gasteiger charge is 2.21. The largest absolute Gasteiger partial charge is 0.387 e. The Labute approximate surface area is 124 Å². The number of hydrogen-bond acceptors (Lipinski definition) is 3. The number of hydrogen-bond donors (Lipinski definition) is 1. The number of sulfone groups is 1. The fourth-order valence-corrected chi connectivity index (χ4v) is 3.37. The van der Waals surface area contributed by atoms with Crippen molar-refractivity contribution in [2.24, 2.45) is 0 Å². The second kappa shape index (κ2) is 5.95. The number of halogens is 1. The molecule has 0 amide bonds. The molecule has 21 heavy (non-hydrogen) atoms. The third-order valence-electron chi connectivity index (χ3n) is 3.47. The molecule has 0 aliphatic carbocycles. The topological polar surface area (TPSA) is 54.4 Å². The quantitative estimate of drug-likeness (QED) is 0.884. The van der Waals surface area contributed by atoms with Crippen molar-refractivity contribution >= 4 is 9.84 Å². The molecule has 1 N–H and O–H groups in total. The smallest absolute Gasteiger partial charge is 0.181 e. The zero-order valence-corrected chi connectivity index (χ0v) is 12.7. The fourth-order valence-electron chi connectivity index (χ4n) is 2.01. The van der Waals surface area contributed by atoms with Gasteiger partial charge in [-0.15, -0.1) is 0 Å². The summed E-state index contributed by atoms with van der Waals surface area (Å²) < 4.78 is 37.2. The van der Waals surface area contributed by atoms with Crippen molar-refractivity contribution in [1.82, 2.24) is 0 Å². The van der Waals surface area contributed by atoms with Gasteiger partial charge in [0.05, 0.1) is 16.8 Å². The molecule has 2 rings (SSSR count). The number of aryl methyl sites for hydroxylation is 2. The van der Waals surface area contributed by atoms with Gasteiger partial charge in [0.25, 0.3) is 0 Å². The number of rotatable bonds is 4. The molecule has 112 valence electrons. The monoisotopic (exact) mass is 308 g/mol. The third-order valence-corrected chi connectivity index (χ3v) is 5.21. The van der Waals surface area contributed by atoms with Crippen LogP contribution in [0.3, 0.4) is 0 Å². The minimum absolute atomic E-state index is 0.00628. The first-order chi connectivity index (χ1) is 9.79. The van der Waals surface area contributed by atoms with Crippen LogP contribution in [0.25, 0.3) is 0 Å². The maximum absolute atomic E-state index is 12.8. The molecule has 1 atom stereocenters. The Hall–Kier alpha value is -1.72. The van der Waals surface area contributed by atoms with Gasteiger partial charge in [0.1, 0.15) is 5.82 Å². The molecule has 1 unspecified atom stereocenters. The Balaban J connectivity index is 2.23. The number of benzene rings is 2. The normalized spacial score (nSPS) is 13.1. The molecule has 0 radical (unpaired) electrons. The molecular formula is C16H17FO3S. The van der Waals surface area contributed by atoms with Gasteiger partial charge in [-0.05, 0) is 54.8 Å². The lowest BCUT2D eigenvalue weighted by Gasteiger charge is -2.13. The molecule has 5 heteroatoms. The summed E-state index contributed by atoms with van der Waals surface area (Å²) in [6.45, 7) is 3.85. The fraction of sp³-hybridized carbons (Fsp3) is 0.250. The van der Waals surface area contributed by atoms with Crippen LogP contribution in [0, 0.1) is 19.7 Å². The average molecular weight is 308 g/mol. The predicted octanol–water partition coefficient (Wildman–Crippen LogP) is 2.95. The van der Waals surface area contributed by atoms with Gasteiger partial charge in [0.2, 0.25) is 0 Å². The van der Waals surface area contributed by atoms with Gasteiger partial charge in [-0.1, -0.05) is 18.2 Å². The van der Waals surface area contributed by atoms with E-state index in [9.17, 15) is 17.9 Å². The maximum Gasteiger partial charge on any atom is 0.181 e. The van der Waals surface area contributed by atoms with Gasteiger partial charge < -0.3 is 5.11 Å². The lowest BCUT2D eigenvalue weighted by molar-refractivity contribution is 0.201. The summed E-state index contributed by atoms with van der Waals surface area (Å²) in [6.07, 6.45) is -1.11. The van der Waals surface area contributed by atoms with E-state index in [4.69, 9.17) is 0 Å². The average Bonchev–Trinajstić information content (AvgIpc) is 2.41. The zero-order chi connectivity index (χ0) is 15.6. The summed E-state index contributed by atoms with van der Waals surface area (Å²) in [5.41, 5.74) is 2.63. The van der Waals surface area contributed by atoms with Crippen molar-refractivity contribution < 1.29 is 17.9 Å². The summed E-state index contributed by atoms with van der Waals surface area (Å²) in [5, 5.41) is 10.1. The van der Waals surface area contributed by atoms with E-state index < -0.39 is 27.5 Å². The highest BCUT2D eigenvalue weighted by Crippen LogP contribution is 2.22. The molecule has 0 bridgehead atoms. The van der Waals surface area contributed by atoms with Gasteiger partial charge in [-0.25, -0.2) is 12.8 Å². The summed E-state index contributed by atoms with van der Waals surface area (Å²) in [5.74, 6) is -0.926. The highest BCUT2D eigenvalue weighted by molar-refractivity contribution is 7.91. The van der Waals surface area contributed by atoms with Crippen molar-refractivity contribution in [3.63, 3.8) is 0 Å². The summed E-state index contributed by atoms with van der Waals surface area (Å²) in [4.78, 5) is 0.00628. The van der Waals surface area contributed by atoms with Gasteiger partial charge >= 0.3 is 0 Å². The number of aliphatic hydroxyl groups excluding tert-OH is 1. The molecule has 0 aromatic heterocycles. The van der Waals surface area contributed by atoms with Crippen molar-refractivity contribution in [1.29, 1.82) is 0 Å². The molecule has 0 saturated carbocycles. The predicted molar refractivity (Wildman–Crippen MR) is 79.3 cm³/mol. The minimum atomic E-state index is -3.66. The Morgan fingerprint density at radius 3 is 2.24 bits per heavy atom. The van der Waals surface area contributed by atoms with Crippen LogP contribution in [0.15, 0.2) is 47.4 Å². The molecule has 3 nitrogen and oxygen atoms in total. The van der Waals surface area contributed by atoms with Gasteiger partial charge in [0.15, 0.2) is 9.84 Å². The Kier molecular flexibility index (Phi) is 4.44. The van der Waals surface area contributed by atoms with Crippen LogP contribution in [-0.2, 0) is 9.84 Å². The third kappa shape index (κ3) is 3.68. The van der Waals surface area contributed by atoms with Crippen molar-refractivity contribution in [2.75, 3.05) is 5.75 Å². The summed E-state index contributed by atoms with van der Waals surface area (Å²) in [6, 6.07) is 9.94. The van der Waals surface area contributed by atoms with E-state index in [1.807, 2.05) is 19.9 Å². The van der Waals surface area contributed by atoms with Crippen LogP contribution in [-0.4, -0.2) is 19.3 Å². The second-order valence-corrected chi connectivity index (χ2v) is 7.13. The lowest BCUT2D eigenvalue weighted by Crippen LogP contribution is -2.15. The molecule has 0 heterocycles. The van der Waals surface area contributed by atoms with E-state index >= 15 is 0 Å². The van der Waals surface area contributed by atoms with Crippen LogP contribution >= 0.6 is 0 Å². The van der Waals surface area contributed by atoms with Crippen LogP contribution in [0.5, 0.6) is 0 Å². The zero-order valence-electron chi connectivity index (χ0n) is 11.9. The Morgan fingerprint density at radius 1 is 1.05 bits per heavy atom. The van der Waals surface area contributed by atoms with E-state index in [1.54, 1.807) is 12.1 Å². The molecule has 0 aliphatic rings. The number of aliphatic hydroxyl groups is 1. The van der Waals surface area contributed by atoms with E-state index in [0.29, 0.717) is 5.56 Å². The maximum atomic E-state index is 12.8. The van der Waals surface area contributed by atoms with Crippen molar-refractivity contribution in [2.45, 2.75) is 24.8 Å². The van der Waals surface area contributed by atoms with Gasteiger partial charge in [0, 0.05) is 0 Å². The molecular weight excluding hydrogens is 291 g/mol. The molecule has 2 aromatic carbocycles. The van der Waals surface area contributed by atoms with Crippen LogP contribution in [0.4, 0.5) is 4.39 Å². The Morgan fingerprint density at radius 2 is 1.67 bits per heavy atom. The van der Waals surface area contributed by atoms with Gasteiger partial charge in [-0.2, -0.15) is 0 Å². The van der Waals surface area contributed by atoms with Crippen molar-refractivity contribution in [3.8, 4) is 0 Å². The van der Waals surface area contributed by atoms with E-state index in [-0.39, 0.29) is 4.90 Å². The minimum Gasteiger partial charge on any atom is -0.387 e. The second-order valence-electron chi connectivity index (χ2n) is 5.09. The lowest BCUT2D eigenvalue weighted by atomic mass is 10.0. The van der Waals surface area contributed by atoms with Crippen LogP contribution < -0.4 is 0 Å². The molecule has 0 spiro atoms. The van der Waals surface area contributed by atoms with E-state index in [1.165, 1.54) is 12.1 Å². The first kappa shape index (κ1) is 15.7. The van der Waals surface area contributed by atoms with Crippen LogP contribution in [0.1, 0.15) is 22.8 Å². The summed E-state index contributed by atoms with van der Waals surface area (Å²) >= 11 is 0. The first-order valence-electron chi connectivity index (χ1n) is 6.53. The molecule has 0 aliphatic heterocycles. The summed E-state index contributed by atoms with van der Waals surface area (Å²) in [7, 11) is -3.66. The Bertz CT molecular complexity index is 737. The van der Waals surface area contributed by atoms with E-state index in [2.05, 4.69) is 0 Å². The highest BCUT2D eigenvalue weighted by atomic mass is 32.2. The first-order valence-corrected chi connectivity index (χ1v) is 8.18.